The fraction of sp³-hybridized carbons (Fsp3) is 0.319. The number of hydrogen-bond acceptors (Lipinski definition) is 13. The SMILES string of the molecule is O=[N+]([O-])c1cc(S(=O)(=O)Nc2ncnc3cc(N4CCN(Cc5ccccc5-c5ccc(Cl)cc5)CC4)ccc23)ccc1NC(CCNCCN1CCOCC1)CSc1ccccc1. The lowest BCUT2D eigenvalue weighted by molar-refractivity contribution is -0.384. The van der Waals surface area contributed by atoms with Crippen LogP contribution in [0.2, 0.25) is 5.02 Å². The number of morpholine rings is 1. The highest BCUT2D eigenvalue weighted by atomic mass is 35.5. The lowest BCUT2D eigenvalue weighted by atomic mass is 9.99. The number of aromatic nitrogens is 2. The third-order valence-corrected chi connectivity index (χ3v) is 14.3. The summed E-state index contributed by atoms with van der Waals surface area (Å²) in [5.74, 6) is 0.734. The molecular formula is C47H52ClN9O5S2. The van der Waals surface area contributed by atoms with Crippen molar-refractivity contribution in [3.05, 3.63) is 142 Å². The molecule has 6 aromatic rings. The van der Waals surface area contributed by atoms with E-state index in [9.17, 15) is 18.5 Å². The summed E-state index contributed by atoms with van der Waals surface area (Å²) in [6.45, 7) is 9.95. The average molecular weight is 923 g/mol. The number of sulfonamides is 1. The fourth-order valence-electron chi connectivity index (χ4n) is 8.03. The predicted molar refractivity (Wildman–Crippen MR) is 257 cm³/mol. The number of benzene rings is 5. The van der Waals surface area contributed by atoms with Gasteiger partial charge in [-0.1, -0.05) is 66.2 Å². The lowest BCUT2D eigenvalue weighted by Crippen LogP contribution is -2.46. The zero-order valence-corrected chi connectivity index (χ0v) is 37.8. The van der Waals surface area contributed by atoms with Crippen LogP contribution in [0.15, 0.2) is 131 Å². The predicted octanol–water partition coefficient (Wildman–Crippen LogP) is 7.87. The highest BCUT2D eigenvalue weighted by Crippen LogP contribution is 2.33. The molecule has 14 nitrogen and oxygen atoms in total. The molecule has 0 aliphatic carbocycles. The summed E-state index contributed by atoms with van der Waals surface area (Å²) in [5, 5.41) is 20.6. The van der Waals surface area contributed by atoms with Crippen molar-refractivity contribution < 1.29 is 18.1 Å². The summed E-state index contributed by atoms with van der Waals surface area (Å²) >= 11 is 7.81. The molecule has 0 bridgehead atoms. The molecule has 334 valence electrons. The van der Waals surface area contributed by atoms with E-state index in [1.54, 1.807) is 11.8 Å². The van der Waals surface area contributed by atoms with Crippen molar-refractivity contribution >= 4 is 67.2 Å². The number of hydrogen-bond donors (Lipinski definition) is 3. The first-order valence-corrected chi connectivity index (χ1v) is 24.4. The van der Waals surface area contributed by atoms with Gasteiger partial charge in [-0.05, 0) is 84.3 Å². The molecule has 3 heterocycles. The number of nitrogens with zero attached hydrogens (tertiary/aromatic N) is 6. The van der Waals surface area contributed by atoms with Crippen molar-refractivity contribution in [2.24, 2.45) is 0 Å². The molecule has 0 saturated carbocycles. The quantitative estimate of drug-likeness (QED) is 0.0313. The largest absolute Gasteiger partial charge is 0.379 e. The Bertz CT molecular complexity index is 2610. The van der Waals surface area contributed by atoms with Crippen LogP contribution in [0.5, 0.6) is 0 Å². The molecule has 1 aromatic heterocycles. The molecule has 0 amide bonds. The van der Waals surface area contributed by atoms with Crippen LogP contribution in [-0.4, -0.2) is 117 Å². The zero-order valence-electron chi connectivity index (χ0n) is 35.4. The minimum absolute atomic E-state index is 0.0877. The molecule has 1 atom stereocenters. The number of rotatable bonds is 19. The molecule has 64 heavy (non-hydrogen) atoms. The Morgan fingerprint density at radius 3 is 2.38 bits per heavy atom. The van der Waals surface area contributed by atoms with Crippen LogP contribution in [-0.2, 0) is 21.3 Å². The lowest BCUT2D eigenvalue weighted by Gasteiger charge is -2.36. The van der Waals surface area contributed by atoms with Gasteiger partial charge in [0.25, 0.3) is 15.7 Å². The fourth-order valence-corrected chi connectivity index (χ4v) is 10.2. The highest BCUT2D eigenvalue weighted by Gasteiger charge is 2.25. The summed E-state index contributed by atoms with van der Waals surface area (Å²) in [6.07, 6.45) is 2.02. The van der Waals surface area contributed by atoms with Gasteiger partial charge in [0.2, 0.25) is 0 Å². The van der Waals surface area contributed by atoms with E-state index in [2.05, 4.69) is 76.4 Å². The van der Waals surface area contributed by atoms with Crippen molar-refractivity contribution in [2.45, 2.75) is 28.8 Å². The zero-order chi connectivity index (χ0) is 44.3. The number of fused-ring (bicyclic) bond motifs is 1. The second-order valence-electron chi connectivity index (χ2n) is 15.9. The summed E-state index contributed by atoms with van der Waals surface area (Å²) in [5.41, 5.74) is 5.06. The molecule has 1 unspecified atom stereocenters. The van der Waals surface area contributed by atoms with Gasteiger partial charge in [-0.3, -0.25) is 24.6 Å². The minimum atomic E-state index is -4.29. The number of nitro benzene ring substituents is 1. The Labute approximate surface area is 383 Å². The number of anilines is 3. The monoisotopic (exact) mass is 921 g/mol. The van der Waals surface area contributed by atoms with Gasteiger partial charge < -0.3 is 20.3 Å². The number of ether oxygens (including phenoxy) is 1. The van der Waals surface area contributed by atoms with Crippen molar-refractivity contribution in [3.63, 3.8) is 0 Å². The third kappa shape index (κ3) is 11.9. The van der Waals surface area contributed by atoms with Gasteiger partial charge in [-0.25, -0.2) is 18.4 Å². The molecule has 3 N–H and O–H groups in total. The molecule has 2 saturated heterocycles. The maximum absolute atomic E-state index is 13.9. The van der Waals surface area contributed by atoms with Gasteiger partial charge in [0.05, 0.1) is 28.5 Å². The van der Waals surface area contributed by atoms with Crippen molar-refractivity contribution in [2.75, 3.05) is 92.8 Å². The molecule has 2 aliphatic heterocycles. The number of nitro groups is 1. The molecule has 17 heteroatoms. The maximum atomic E-state index is 13.9. The average Bonchev–Trinajstić information content (AvgIpc) is 3.32. The van der Waals surface area contributed by atoms with E-state index in [0.717, 1.165) is 94.3 Å². The molecule has 8 rings (SSSR count). The topological polar surface area (TPSA) is 158 Å². The van der Waals surface area contributed by atoms with Crippen LogP contribution in [0.25, 0.3) is 22.0 Å². The normalized spacial score (nSPS) is 15.5. The summed E-state index contributed by atoms with van der Waals surface area (Å²) in [6, 6.07) is 35.9. The first-order valence-electron chi connectivity index (χ1n) is 21.5. The summed E-state index contributed by atoms with van der Waals surface area (Å²) < 4.78 is 35.8. The van der Waals surface area contributed by atoms with E-state index < -0.39 is 14.9 Å². The van der Waals surface area contributed by atoms with E-state index in [1.165, 1.54) is 29.6 Å². The molecule has 2 fully saturated rings. The van der Waals surface area contributed by atoms with Gasteiger partial charge in [-0.15, -0.1) is 11.8 Å². The van der Waals surface area contributed by atoms with Crippen molar-refractivity contribution in [1.29, 1.82) is 0 Å². The molecule has 2 aliphatic rings. The second kappa shape index (κ2) is 21.6. The number of thioether (sulfide) groups is 1. The van der Waals surface area contributed by atoms with Crippen LogP contribution >= 0.6 is 23.4 Å². The van der Waals surface area contributed by atoms with Gasteiger partial charge in [0.1, 0.15) is 12.0 Å². The van der Waals surface area contributed by atoms with Crippen molar-refractivity contribution in [1.82, 2.24) is 25.1 Å². The smallest absolute Gasteiger partial charge is 0.293 e. The van der Waals surface area contributed by atoms with Crippen LogP contribution < -0.4 is 20.3 Å². The van der Waals surface area contributed by atoms with Crippen LogP contribution in [0.1, 0.15) is 12.0 Å². The standard InChI is InChI=1S/C47H52ClN9O5S2/c48-37-12-10-35(11-13-37)42-9-5-4-6-36(42)32-55-22-24-56(25-23-55)39-14-16-43-45(30-39)50-34-51-47(43)53-64(60,61)41-15-17-44(46(31-41)57(58)59)52-38(33-63-40-7-2-1-3-8-40)18-19-49-20-21-54-26-28-62-29-27-54/h1-17,30-31,34,38,49,52H,18-29,32-33H2,(H,50,51,53). The van der Waals surface area contributed by atoms with Crippen LogP contribution in [0, 0.1) is 10.1 Å². The molecule has 0 spiro atoms. The molecule has 5 aromatic carbocycles. The summed E-state index contributed by atoms with van der Waals surface area (Å²) in [7, 11) is -4.29. The van der Waals surface area contributed by atoms with Gasteiger partial charge in [0.15, 0.2) is 5.82 Å². The van der Waals surface area contributed by atoms with Crippen molar-refractivity contribution in [3.8, 4) is 11.1 Å². The van der Waals surface area contributed by atoms with E-state index in [0.29, 0.717) is 34.6 Å². The summed E-state index contributed by atoms with van der Waals surface area (Å²) in [4.78, 5) is 28.6. The van der Waals surface area contributed by atoms with E-state index in [-0.39, 0.29) is 28.1 Å². The Morgan fingerprint density at radius 2 is 1.59 bits per heavy atom. The van der Waals surface area contributed by atoms with Gasteiger partial charge >= 0.3 is 0 Å². The van der Waals surface area contributed by atoms with E-state index >= 15 is 0 Å². The molecular weight excluding hydrogens is 870 g/mol. The van der Waals surface area contributed by atoms with Gasteiger partial charge in [0, 0.05) is 97.8 Å². The molecule has 0 radical (unpaired) electrons. The Balaban J connectivity index is 0.911. The third-order valence-electron chi connectivity index (χ3n) is 11.6. The highest BCUT2D eigenvalue weighted by molar-refractivity contribution is 7.99. The van der Waals surface area contributed by atoms with E-state index in [4.69, 9.17) is 16.3 Å². The van der Waals surface area contributed by atoms with Crippen LogP contribution in [0.4, 0.5) is 22.9 Å². The second-order valence-corrected chi connectivity index (χ2v) is 19.1. The Hall–Kier alpha value is -5.33. The number of piperazine rings is 1. The van der Waals surface area contributed by atoms with Gasteiger partial charge in [-0.2, -0.15) is 0 Å². The number of halogens is 1. The number of nitrogens with one attached hydrogen (secondary N) is 3. The Morgan fingerprint density at radius 1 is 0.828 bits per heavy atom. The first kappa shape index (κ1) is 45.2. The maximum Gasteiger partial charge on any atom is 0.293 e. The Kier molecular flexibility index (Phi) is 15.2. The first-order chi connectivity index (χ1) is 31.2. The van der Waals surface area contributed by atoms with Crippen LogP contribution in [0.3, 0.4) is 0 Å². The minimum Gasteiger partial charge on any atom is -0.379 e. The van der Waals surface area contributed by atoms with E-state index in [1.807, 2.05) is 60.7 Å².